The topological polar surface area (TPSA) is 83.0 Å². The predicted octanol–water partition coefficient (Wildman–Crippen LogP) is 4.07. The average Bonchev–Trinajstić information content (AvgIpc) is 3.28. The quantitative estimate of drug-likeness (QED) is 0.595. The van der Waals surface area contributed by atoms with Crippen LogP contribution in [0.15, 0.2) is 24.3 Å². The molecule has 2 atom stereocenters. The third-order valence-electron chi connectivity index (χ3n) is 5.07. The molecular formula is C20H25N5OS. The maximum absolute atomic E-state index is 9.45. The highest BCUT2D eigenvalue weighted by molar-refractivity contribution is 7.21. The smallest absolute Gasteiger partial charge is 0.224 e. The van der Waals surface area contributed by atoms with Crippen molar-refractivity contribution >= 4 is 33.3 Å². The largest absolute Gasteiger partial charge is 0.396 e. The zero-order valence-corrected chi connectivity index (χ0v) is 16.5. The molecule has 4 rings (SSSR count). The standard InChI is InChI=1S/C20H25N5OS/c1-3-21-20-22-12(2)17(19-24-15-6-4-5-7-16(15)27-19)18(25-20)23-14-9-8-13(10-14)11-26/h4-7,13-14,26H,3,8-11H2,1-2H3,(H2,21,22,23,25)/t13-,14+/m1/s1. The second-order valence-corrected chi connectivity index (χ2v) is 8.11. The van der Waals surface area contributed by atoms with Crippen molar-refractivity contribution in [3.8, 4) is 10.6 Å². The molecule has 2 heterocycles. The lowest BCUT2D eigenvalue weighted by atomic mass is 10.1. The molecule has 1 aliphatic rings. The molecule has 3 N–H and O–H groups in total. The summed E-state index contributed by atoms with van der Waals surface area (Å²) < 4.78 is 1.16. The Balaban J connectivity index is 1.74. The molecule has 6 nitrogen and oxygen atoms in total. The summed E-state index contributed by atoms with van der Waals surface area (Å²) in [6.07, 6.45) is 3.06. The van der Waals surface area contributed by atoms with Gasteiger partial charge in [-0.1, -0.05) is 12.1 Å². The molecule has 3 aromatic rings. The number of fused-ring (bicyclic) bond motifs is 1. The summed E-state index contributed by atoms with van der Waals surface area (Å²) in [7, 11) is 0. The van der Waals surface area contributed by atoms with Gasteiger partial charge in [0.15, 0.2) is 0 Å². The number of aliphatic hydroxyl groups excluding tert-OH is 1. The third kappa shape index (κ3) is 3.75. The summed E-state index contributed by atoms with van der Waals surface area (Å²) >= 11 is 1.67. The van der Waals surface area contributed by atoms with Crippen molar-refractivity contribution in [1.29, 1.82) is 0 Å². The van der Waals surface area contributed by atoms with Crippen LogP contribution in [0.4, 0.5) is 11.8 Å². The van der Waals surface area contributed by atoms with Crippen LogP contribution >= 0.6 is 11.3 Å². The number of nitrogens with zero attached hydrogens (tertiary/aromatic N) is 3. The molecule has 0 spiro atoms. The first-order chi connectivity index (χ1) is 13.2. The van der Waals surface area contributed by atoms with Crippen LogP contribution in [-0.2, 0) is 0 Å². The highest BCUT2D eigenvalue weighted by Crippen LogP contribution is 2.37. The van der Waals surface area contributed by atoms with E-state index in [1.165, 1.54) is 0 Å². The van der Waals surface area contributed by atoms with E-state index in [-0.39, 0.29) is 6.61 Å². The summed E-state index contributed by atoms with van der Waals surface area (Å²) in [5.74, 6) is 1.85. The third-order valence-corrected chi connectivity index (χ3v) is 6.13. The molecule has 7 heteroatoms. The van der Waals surface area contributed by atoms with E-state index in [2.05, 4.69) is 21.7 Å². The van der Waals surface area contributed by atoms with Crippen molar-refractivity contribution in [2.75, 3.05) is 23.8 Å². The molecule has 142 valence electrons. The van der Waals surface area contributed by atoms with E-state index >= 15 is 0 Å². The number of hydrogen-bond acceptors (Lipinski definition) is 7. The summed E-state index contributed by atoms with van der Waals surface area (Å²) in [5, 5.41) is 17.2. The van der Waals surface area contributed by atoms with E-state index in [4.69, 9.17) is 9.97 Å². The number of aliphatic hydroxyl groups is 1. The normalized spacial score (nSPS) is 19.5. The minimum Gasteiger partial charge on any atom is -0.396 e. The van der Waals surface area contributed by atoms with E-state index in [0.29, 0.717) is 17.9 Å². The van der Waals surface area contributed by atoms with Gasteiger partial charge in [0.1, 0.15) is 10.8 Å². The van der Waals surface area contributed by atoms with Gasteiger partial charge in [-0.25, -0.2) is 9.97 Å². The minimum absolute atomic E-state index is 0.258. The van der Waals surface area contributed by atoms with E-state index in [1.54, 1.807) is 11.3 Å². The zero-order valence-electron chi connectivity index (χ0n) is 15.7. The Morgan fingerprint density at radius 2 is 2.04 bits per heavy atom. The Morgan fingerprint density at radius 1 is 1.19 bits per heavy atom. The minimum atomic E-state index is 0.258. The van der Waals surface area contributed by atoms with Crippen molar-refractivity contribution in [2.45, 2.75) is 39.2 Å². The number of thiazole rings is 1. The van der Waals surface area contributed by atoms with Crippen LogP contribution in [0.2, 0.25) is 0 Å². The number of benzene rings is 1. The second kappa shape index (κ2) is 7.78. The number of nitrogens with one attached hydrogen (secondary N) is 2. The summed E-state index contributed by atoms with van der Waals surface area (Å²) in [6, 6.07) is 8.49. The van der Waals surface area contributed by atoms with Gasteiger partial charge >= 0.3 is 0 Å². The van der Waals surface area contributed by atoms with Crippen LogP contribution in [0.3, 0.4) is 0 Å². The highest BCUT2D eigenvalue weighted by Gasteiger charge is 2.26. The summed E-state index contributed by atoms with van der Waals surface area (Å²) in [6.45, 7) is 5.08. The SMILES string of the molecule is CCNc1nc(C)c(-c2nc3ccccc3s2)c(N[C@H]2CC[C@@H](CO)C2)n1. The lowest BCUT2D eigenvalue weighted by Crippen LogP contribution is -2.19. The van der Waals surface area contributed by atoms with E-state index in [0.717, 1.165) is 58.1 Å². The van der Waals surface area contributed by atoms with Crippen LogP contribution < -0.4 is 10.6 Å². The Morgan fingerprint density at radius 3 is 2.78 bits per heavy atom. The van der Waals surface area contributed by atoms with E-state index in [9.17, 15) is 5.11 Å². The number of rotatable bonds is 6. The van der Waals surface area contributed by atoms with Crippen LogP contribution in [0, 0.1) is 12.8 Å². The van der Waals surface area contributed by atoms with Crippen molar-refractivity contribution in [1.82, 2.24) is 15.0 Å². The van der Waals surface area contributed by atoms with Crippen molar-refractivity contribution in [3.63, 3.8) is 0 Å². The average molecular weight is 384 g/mol. The van der Waals surface area contributed by atoms with Crippen molar-refractivity contribution in [2.24, 2.45) is 5.92 Å². The van der Waals surface area contributed by atoms with Gasteiger partial charge in [-0.3, -0.25) is 0 Å². The Bertz CT molecular complexity index is 908. The fraction of sp³-hybridized carbons (Fsp3) is 0.450. The molecule has 1 aliphatic carbocycles. The van der Waals surface area contributed by atoms with Gasteiger partial charge in [0, 0.05) is 19.2 Å². The monoisotopic (exact) mass is 383 g/mol. The van der Waals surface area contributed by atoms with Gasteiger partial charge in [0.05, 0.1) is 21.5 Å². The van der Waals surface area contributed by atoms with Gasteiger partial charge in [0.2, 0.25) is 5.95 Å². The molecule has 1 aromatic carbocycles. The molecule has 0 amide bonds. The van der Waals surface area contributed by atoms with Crippen LogP contribution in [0.25, 0.3) is 20.8 Å². The molecule has 1 fully saturated rings. The summed E-state index contributed by atoms with van der Waals surface area (Å²) in [4.78, 5) is 14.2. The van der Waals surface area contributed by atoms with Crippen LogP contribution in [-0.4, -0.2) is 39.3 Å². The fourth-order valence-corrected chi connectivity index (χ4v) is 4.78. The Kier molecular flexibility index (Phi) is 5.22. The van der Waals surface area contributed by atoms with Crippen molar-refractivity contribution in [3.05, 3.63) is 30.0 Å². The van der Waals surface area contributed by atoms with Crippen molar-refractivity contribution < 1.29 is 5.11 Å². The number of aromatic nitrogens is 3. The first-order valence-electron chi connectivity index (χ1n) is 9.53. The molecule has 0 saturated heterocycles. The maximum Gasteiger partial charge on any atom is 0.224 e. The number of para-hydroxylation sites is 1. The van der Waals surface area contributed by atoms with Crippen LogP contribution in [0.1, 0.15) is 31.9 Å². The van der Waals surface area contributed by atoms with E-state index in [1.807, 2.05) is 32.0 Å². The number of aryl methyl sites for hydroxylation is 1. The zero-order chi connectivity index (χ0) is 18.8. The van der Waals surface area contributed by atoms with Crippen LogP contribution in [0.5, 0.6) is 0 Å². The molecule has 2 aromatic heterocycles. The highest BCUT2D eigenvalue weighted by atomic mass is 32.1. The number of anilines is 2. The molecule has 0 aliphatic heterocycles. The van der Waals surface area contributed by atoms with Gasteiger partial charge in [-0.2, -0.15) is 4.98 Å². The molecule has 0 unspecified atom stereocenters. The lowest BCUT2D eigenvalue weighted by Gasteiger charge is -2.18. The number of hydrogen-bond donors (Lipinski definition) is 3. The first kappa shape index (κ1) is 18.1. The van der Waals surface area contributed by atoms with Gasteiger partial charge in [-0.15, -0.1) is 11.3 Å². The molecule has 27 heavy (non-hydrogen) atoms. The predicted molar refractivity (Wildman–Crippen MR) is 111 cm³/mol. The van der Waals surface area contributed by atoms with Gasteiger partial charge in [0.25, 0.3) is 0 Å². The molecule has 0 bridgehead atoms. The fourth-order valence-electron chi connectivity index (χ4n) is 3.71. The Hall–Kier alpha value is -2.25. The second-order valence-electron chi connectivity index (χ2n) is 7.08. The maximum atomic E-state index is 9.45. The molecule has 1 saturated carbocycles. The summed E-state index contributed by atoms with van der Waals surface area (Å²) in [5.41, 5.74) is 2.89. The van der Waals surface area contributed by atoms with Gasteiger partial charge < -0.3 is 15.7 Å². The lowest BCUT2D eigenvalue weighted by molar-refractivity contribution is 0.229. The first-order valence-corrected chi connectivity index (χ1v) is 10.4. The van der Waals surface area contributed by atoms with E-state index < -0.39 is 0 Å². The molecular weight excluding hydrogens is 358 g/mol. The van der Waals surface area contributed by atoms with Gasteiger partial charge in [-0.05, 0) is 51.2 Å². The Labute approximate surface area is 163 Å². The molecule has 0 radical (unpaired) electrons.